The summed E-state index contributed by atoms with van der Waals surface area (Å²) in [5.41, 5.74) is 9.16. The zero-order valence-corrected chi connectivity index (χ0v) is 11.6. The molecule has 3 heteroatoms. The lowest BCUT2D eigenvalue weighted by Crippen LogP contribution is -2.05. The minimum Gasteiger partial charge on any atom is -0.328 e. The number of hydrogen-bond acceptors (Lipinski definition) is 2. The van der Waals surface area contributed by atoms with Crippen LogP contribution in [-0.2, 0) is 19.5 Å². The minimum atomic E-state index is 0.580. The number of aromatic nitrogens is 2. The molecule has 0 spiro atoms. The van der Waals surface area contributed by atoms with E-state index in [9.17, 15) is 0 Å². The molecule has 3 nitrogen and oxygen atoms in total. The van der Waals surface area contributed by atoms with E-state index in [0.29, 0.717) is 6.54 Å². The van der Waals surface area contributed by atoms with Crippen molar-refractivity contribution < 1.29 is 0 Å². The molecule has 0 aliphatic carbocycles. The smallest absolute Gasteiger partial charge is 0.109 e. The zero-order chi connectivity index (χ0) is 13.1. The molecular weight excluding hydrogens is 222 g/mol. The van der Waals surface area contributed by atoms with Crippen molar-refractivity contribution in [2.75, 3.05) is 0 Å². The van der Waals surface area contributed by atoms with Gasteiger partial charge in [-0.25, -0.2) is 4.98 Å². The maximum absolute atomic E-state index is 5.68. The molecule has 2 N–H and O–H groups in total. The average molecular weight is 245 g/mol. The summed E-state index contributed by atoms with van der Waals surface area (Å²) in [5, 5.41) is 0. The molecule has 98 valence electrons. The molecule has 1 aromatic carbocycles. The van der Waals surface area contributed by atoms with Crippen molar-refractivity contribution in [3.63, 3.8) is 0 Å². The van der Waals surface area contributed by atoms with Crippen LogP contribution in [0, 0.1) is 5.92 Å². The first-order valence-corrected chi connectivity index (χ1v) is 6.83. The van der Waals surface area contributed by atoms with E-state index in [1.54, 1.807) is 0 Å². The Hall–Kier alpha value is -1.35. The van der Waals surface area contributed by atoms with Crippen LogP contribution in [0.15, 0.2) is 18.2 Å². The summed E-state index contributed by atoms with van der Waals surface area (Å²) in [4.78, 5) is 4.73. The van der Waals surface area contributed by atoms with Crippen LogP contribution < -0.4 is 5.73 Å². The number of aryl methyl sites for hydroxylation is 2. The number of nitrogens with zero attached hydrogens (tertiary/aromatic N) is 2. The molecule has 2 aromatic rings. The van der Waals surface area contributed by atoms with Gasteiger partial charge in [0.05, 0.1) is 11.0 Å². The molecule has 0 unspecified atom stereocenters. The van der Waals surface area contributed by atoms with Gasteiger partial charge in [-0.2, -0.15) is 0 Å². The molecule has 18 heavy (non-hydrogen) atoms. The third-order valence-corrected chi connectivity index (χ3v) is 3.37. The summed E-state index contributed by atoms with van der Waals surface area (Å²) in [7, 11) is 0. The molecule has 0 fully saturated rings. The highest BCUT2D eigenvalue weighted by molar-refractivity contribution is 5.77. The summed E-state index contributed by atoms with van der Waals surface area (Å²) in [5.74, 6) is 1.90. The summed E-state index contributed by atoms with van der Waals surface area (Å²) < 4.78 is 2.36. The second-order valence-corrected chi connectivity index (χ2v) is 5.24. The maximum atomic E-state index is 5.68. The van der Waals surface area contributed by atoms with Crippen LogP contribution in [0.3, 0.4) is 0 Å². The first kappa shape index (κ1) is 13.1. The van der Waals surface area contributed by atoms with E-state index < -0.39 is 0 Å². The lowest BCUT2D eigenvalue weighted by molar-refractivity contribution is 0.513. The van der Waals surface area contributed by atoms with Gasteiger partial charge in [-0.1, -0.05) is 26.8 Å². The van der Waals surface area contributed by atoms with Crippen molar-refractivity contribution in [1.29, 1.82) is 0 Å². The van der Waals surface area contributed by atoms with E-state index in [4.69, 9.17) is 10.7 Å². The Morgan fingerprint density at radius 1 is 1.33 bits per heavy atom. The van der Waals surface area contributed by atoms with Crippen LogP contribution in [0.5, 0.6) is 0 Å². The molecule has 0 saturated heterocycles. The second-order valence-electron chi connectivity index (χ2n) is 5.24. The van der Waals surface area contributed by atoms with Gasteiger partial charge in [-0.15, -0.1) is 0 Å². The summed E-state index contributed by atoms with van der Waals surface area (Å²) in [6.45, 7) is 8.32. The first-order chi connectivity index (χ1) is 8.65. The van der Waals surface area contributed by atoms with E-state index in [2.05, 4.69) is 43.5 Å². The molecule has 2 rings (SSSR count). The quantitative estimate of drug-likeness (QED) is 0.879. The number of hydrogen-bond donors (Lipinski definition) is 1. The Labute approximate surface area is 109 Å². The van der Waals surface area contributed by atoms with Gasteiger partial charge in [-0.3, -0.25) is 0 Å². The van der Waals surface area contributed by atoms with Crippen molar-refractivity contribution in [1.82, 2.24) is 9.55 Å². The molecule has 1 heterocycles. The van der Waals surface area contributed by atoms with Crippen LogP contribution in [0.1, 0.15) is 38.6 Å². The molecule has 0 amide bonds. The standard InChI is InChI=1S/C15H23N3/c1-4-15-17-13-9-12(10-16)5-6-14(13)18(15)8-7-11(2)3/h5-6,9,11H,4,7-8,10,16H2,1-3H3. The first-order valence-electron chi connectivity index (χ1n) is 6.83. The second kappa shape index (κ2) is 5.53. The molecule has 0 bridgehead atoms. The predicted molar refractivity (Wildman–Crippen MR) is 76.5 cm³/mol. The lowest BCUT2D eigenvalue weighted by Gasteiger charge is -2.10. The van der Waals surface area contributed by atoms with Crippen LogP contribution in [0.4, 0.5) is 0 Å². The summed E-state index contributed by atoms with van der Waals surface area (Å²) >= 11 is 0. The van der Waals surface area contributed by atoms with Crippen LogP contribution in [0.25, 0.3) is 11.0 Å². The Kier molecular flexibility index (Phi) is 4.02. The Balaban J connectivity index is 2.42. The highest BCUT2D eigenvalue weighted by Gasteiger charge is 2.10. The molecule has 0 atom stereocenters. The van der Waals surface area contributed by atoms with Crippen molar-refractivity contribution in [3.05, 3.63) is 29.6 Å². The third kappa shape index (κ3) is 2.56. The number of rotatable bonds is 5. The van der Waals surface area contributed by atoms with Gasteiger partial charge in [0.1, 0.15) is 5.82 Å². The van der Waals surface area contributed by atoms with E-state index in [0.717, 1.165) is 30.0 Å². The number of fused-ring (bicyclic) bond motifs is 1. The van der Waals surface area contributed by atoms with Gasteiger partial charge in [0.2, 0.25) is 0 Å². The van der Waals surface area contributed by atoms with Crippen molar-refractivity contribution in [3.8, 4) is 0 Å². The average Bonchev–Trinajstić information content (AvgIpc) is 2.72. The fraction of sp³-hybridized carbons (Fsp3) is 0.533. The summed E-state index contributed by atoms with van der Waals surface area (Å²) in [6, 6.07) is 6.37. The van der Waals surface area contributed by atoms with E-state index >= 15 is 0 Å². The van der Waals surface area contributed by atoms with Gasteiger partial charge < -0.3 is 10.3 Å². The maximum Gasteiger partial charge on any atom is 0.109 e. The molecular formula is C15H23N3. The number of imidazole rings is 1. The summed E-state index contributed by atoms with van der Waals surface area (Å²) in [6.07, 6.45) is 2.17. The molecule has 0 radical (unpaired) electrons. The molecule has 0 saturated carbocycles. The number of nitrogens with two attached hydrogens (primary N) is 1. The van der Waals surface area contributed by atoms with Crippen LogP contribution in [-0.4, -0.2) is 9.55 Å². The van der Waals surface area contributed by atoms with Gasteiger partial charge in [0, 0.05) is 19.5 Å². The van der Waals surface area contributed by atoms with Gasteiger partial charge in [0.15, 0.2) is 0 Å². The van der Waals surface area contributed by atoms with E-state index in [1.807, 2.05) is 0 Å². The minimum absolute atomic E-state index is 0.580. The Bertz CT molecular complexity index is 526. The third-order valence-electron chi connectivity index (χ3n) is 3.37. The monoisotopic (exact) mass is 245 g/mol. The van der Waals surface area contributed by atoms with E-state index in [-0.39, 0.29) is 0 Å². The normalized spacial score (nSPS) is 11.6. The number of benzene rings is 1. The highest BCUT2D eigenvalue weighted by Crippen LogP contribution is 2.19. The predicted octanol–water partition coefficient (Wildman–Crippen LogP) is 3.10. The fourth-order valence-corrected chi connectivity index (χ4v) is 2.26. The zero-order valence-electron chi connectivity index (χ0n) is 11.6. The molecule has 1 aromatic heterocycles. The Morgan fingerprint density at radius 3 is 2.72 bits per heavy atom. The van der Waals surface area contributed by atoms with Gasteiger partial charge in [0.25, 0.3) is 0 Å². The van der Waals surface area contributed by atoms with Crippen molar-refractivity contribution >= 4 is 11.0 Å². The van der Waals surface area contributed by atoms with Crippen LogP contribution >= 0.6 is 0 Å². The topological polar surface area (TPSA) is 43.8 Å². The SMILES string of the molecule is CCc1nc2cc(CN)ccc2n1CCC(C)C. The highest BCUT2D eigenvalue weighted by atomic mass is 15.1. The van der Waals surface area contributed by atoms with Gasteiger partial charge in [-0.05, 0) is 30.0 Å². The van der Waals surface area contributed by atoms with Gasteiger partial charge >= 0.3 is 0 Å². The molecule has 0 aliphatic heterocycles. The molecule has 0 aliphatic rings. The van der Waals surface area contributed by atoms with Crippen LogP contribution in [0.2, 0.25) is 0 Å². The van der Waals surface area contributed by atoms with Crippen molar-refractivity contribution in [2.45, 2.75) is 46.7 Å². The lowest BCUT2D eigenvalue weighted by atomic mass is 10.1. The largest absolute Gasteiger partial charge is 0.328 e. The fourth-order valence-electron chi connectivity index (χ4n) is 2.26. The van der Waals surface area contributed by atoms with Crippen molar-refractivity contribution in [2.24, 2.45) is 11.7 Å². The Morgan fingerprint density at radius 2 is 2.11 bits per heavy atom. The van der Waals surface area contributed by atoms with E-state index in [1.165, 1.54) is 17.8 Å².